The molecular formula is C18H21NO3. The highest BCUT2D eigenvalue weighted by Crippen LogP contribution is 2.13. The summed E-state index contributed by atoms with van der Waals surface area (Å²) >= 11 is 0. The van der Waals surface area contributed by atoms with Crippen molar-refractivity contribution < 1.29 is 14.6 Å². The van der Waals surface area contributed by atoms with Crippen LogP contribution in [0.2, 0.25) is 0 Å². The van der Waals surface area contributed by atoms with Crippen LogP contribution in [-0.4, -0.2) is 24.2 Å². The van der Waals surface area contributed by atoms with E-state index in [-0.39, 0.29) is 0 Å². The summed E-state index contributed by atoms with van der Waals surface area (Å²) in [6.07, 6.45) is 0.902. The van der Waals surface area contributed by atoms with E-state index >= 15 is 0 Å². The summed E-state index contributed by atoms with van der Waals surface area (Å²) in [4.78, 5) is 10.9. The fourth-order valence-electron chi connectivity index (χ4n) is 2.24. The highest BCUT2D eigenvalue weighted by molar-refractivity contribution is 5.87. The summed E-state index contributed by atoms with van der Waals surface area (Å²) in [7, 11) is 0. The minimum atomic E-state index is -0.894. The third kappa shape index (κ3) is 4.90. The molecule has 0 amide bonds. The quantitative estimate of drug-likeness (QED) is 0.735. The normalized spacial score (nSPS) is 10.4. The molecule has 0 aliphatic heterocycles. The van der Waals surface area contributed by atoms with Gasteiger partial charge in [-0.1, -0.05) is 24.3 Å². The van der Waals surface area contributed by atoms with Crippen LogP contribution < -0.4 is 10.1 Å². The molecule has 0 saturated carbocycles. The van der Waals surface area contributed by atoms with E-state index in [1.807, 2.05) is 25.1 Å². The van der Waals surface area contributed by atoms with Crippen LogP contribution in [0.15, 0.2) is 48.5 Å². The Morgan fingerprint density at radius 3 is 2.68 bits per heavy atom. The summed E-state index contributed by atoms with van der Waals surface area (Å²) in [6.45, 7) is 4.13. The highest BCUT2D eigenvalue weighted by atomic mass is 16.5. The van der Waals surface area contributed by atoms with E-state index in [4.69, 9.17) is 9.84 Å². The zero-order valence-corrected chi connectivity index (χ0v) is 12.7. The SMILES string of the molecule is CCOc1cccc(CCNCc2cccc(C(=O)O)c2)c1. The standard InChI is InChI=1S/C18H21NO3/c1-2-22-17-8-4-5-14(12-17)9-10-19-13-15-6-3-7-16(11-15)18(20)21/h3-8,11-12,19H,2,9-10,13H2,1H3,(H,20,21). The monoisotopic (exact) mass is 299 g/mol. The van der Waals surface area contributed by atoms with Crippen molar-refractivity contribution in [3.63, 3.8) is 0 Å². The van der Waals surface area contributed by atoms with Crippen molar-refractivity contribution in [1.82, 2.24) is 5.32 Å². The van der Waals surface area contributed by atoms with Crippen LogP contribution in [0.3, 0.4) is 0 Å². The fraction of sp³-hybridized carbons (Fsp3) is 0.278. The molecule has 0 spiro atoms. The molecule has 116 valence electrons. The lowest BCUT2D eigenvalue weighted by atomic mass is 10.1. The molecule has 2 N–H and O–H groups in total. The van der Waals surface area contributed by atoms with E-state index in [0.29, 0.717) is 18.7 Å². The smallest absolute Gasteiger partial charge is 0.335 e. The third-order valence-electron chi connectivity index (χ3n) is 3.30. The maximum atomic E-state index is 10.9. The maximum Gasteiger partial charge on any atom is 0.335 e. The highest BCUT2D eigenvalue weighted by Gasteiger charge is 2.03. The van der Waals surface area contributed by atoms with Gasteiger partial charge in [-0.15, -0.1) is 0 Å². The van der Waals surface area contributed by atoms with Crippen molar-refractivity contribution >= 4 is 5.97 Å². The van der Waals surface area contributed by atoms with Gasteiger partial charge in [0, 0.05) is 6.54 Å². The number of nitrogens with one attached hydrogen (secondary N) is 1. The third-order valence-corrected chi connectivity index (χ3v) is 3.30. The Hall–Kier alpha value is -2.33. The molecule has 2 aromatic rings. The van der Waals surface area contributed by atoms with E-state index in [1.54, 1.807) is 18.2 Å². The van der Waals surface area contributed by atoms with E-state index < -0.39 is 5.97 Å². The van der Waals surface area contributed by atoms with E-state index in [1.165, 1.54) is 5.56 Å². The lowest BCUT2D eigenvalue weighted by molar-refractivity contribution is 0.0696. The van der Waals surface area contributed by atoms with Gasteiger partial charge in [0.2, 0.25) is 0 Å². The molecule has 2 aromatic carbocycles. The van der Waals surface area contributed by atoms with Gasteiger partial charge >= 0.3 is 5.97 Å². The first-order chi connectivity index (χ1) is 10.7. The van der Waals surface area contributed by atoms with E-state index in [9.17, 15) is 4.79 Å². The number of carboxylic acids is 1. The van der Waals surface area contributed by atoms with Gasteiger partial charge in [-0.3, -0.25) is 0 Å². The molecule has 0 aromatic heterocycles. The molecule has 0 saturated heterocycles. The average Bonchev–Trinajstić information content (AvgIpc) is 2.53. The minimum absolute atomic E-state index is 0.323. The number of ether oxygens (including phenoxy) is 1. The van der Waals surface area contributed by atoms with Crippen molar-refractivity contribution in [3.05, 3.63) is 65.2 Å². The summed E-state index contributed by atoms with van der Waals surface area (Å²) in [6, 6.07) is 15.1. The molecule has 0 bridgehead atoms. The van der Waals surface area contributed by atoms with Crippen molar-refractivity contribution in [2.75, 3.05) is 13.2 Å². The zero-order chi connectivity index (χ0) is 15.8. The number of hydrogen-bond acceptors (Lipinski definition) is 3. The molecule has 0 fully saturated rings. The van der Waals surface area contributed by atoms with Crippen LogP contribution in [0.5, 0.6) is 5.75 Å². The Balaban J connectivity index is 1.80. The van der Waals surface area contributed by atoms with Crippen molar-refractivity contribution in [2.45, 2.75) is 19.9 Å². The molecule has 0 aliphatic carbocycles. The van der Waals surface area contributed by atoms with Crippen molar-refractivity contribution in [1.29, 1.82) is 0 Å². The fourth-order valence-corrected chi connectivity index (χ4v) is 2.24. The number of hydrogen-bond donors (Lipinski definition) is 2. The van der Waals surface area contributed by atoms with Gasteiger partial charge in [0.25, 0.3) is 0 Å². The predicted molar refractivity (Wildman–Crippen MR) is 86.4 cm³/mol. The van der Waals surface area contributed by atoms with Crippen molar-refractivity contribution in [2.24, 2.45) is 0 Å². The number of carbonyl (C=O) groups is 1. The molecule has 0 unspecified atom stereocenters. The molecular weight excluding hydrogens is 278 g/mol. The summed E-state index contributed by atoms with van der Waals surface area (Å²) in [5.74, 6) is 0.00347. The van der Waals surface area contributed by atoms with E-state index in [0.717, 1.165) is 24.3 Å². The molecule has 22 heavy (non-hydrogen) atoms. The van der Waals surface area contributed by atoms with Crippen LogP contribution in [0, 0.1) is 0 Å². The first kappa shape index (κ1) is 16.0. The van der Waals surface area contributed by atoms with Crippen LogP contribution in [-0.2, 0) is 13.0 Å². The summed E-state index contributed by atoms with van der Waals surface area (Å²) < 4.78 is 5.48. The van der Waals surface area contributed by atoms with Crippen LogP contribution in [0.4, 0.5) is 0 Å². The summed E-state index contributed by atoms with van der Waals surface area (Å²) in [5.41, 5.74) is 2.52. The van der Waals surface area contributed by atoms with E-state index in [2.05, 4.69) is 17.4 Å². The molecule has 4 nitrogen and oxygen atoms in total. The van der Waals surface area contributed by atoms with Gasteiger partial charge in [0.05, 0.1) is 12.2 Å². The van der Waals surface area contributed by atoms with Crippen molar-refractivity contribution in [3.8, 4) is 5.75 Å². The maximum absolute atomic E-state index is 10.9. The largest absolute Gasteiger partial charge is 0.494 e. The topological polar surface area (TPSA) is 58.6 Å². The molecule has 2 rings (SSSR count). The number of carboxylic acid groups (broad SMARTS) is 1. The van der Waals surface area contributed by atoms with Crippen LogP contribution >= 0.6 is 0 Å². The second kappa shape index (κ2) is 8.20. The first-order valence-electron chi connectivity index (χ1n) is 7.43. The number of benzene rings is 2. The molecule has 0 aliphatic rings. The zero-order valence-electron chi connectivity index (χ0n) is 12.7. The second-order valence-corrected chi connectivity index (χ2v) is 5.01. The summed E-state index contributed by atoms with van der Waals surface area (Å²) in [5, 5.41) is 12.3. The molecule has 4 heteroatoms. The Morgan fingerprint density at radius 1 is 1.14 bits per heavy atom. The van der Waals surface area contributed by atoms with Gasteiger partial charge in [-0.05, 0) is 55.3 Å². The van der Waals surface area contributed by atoms with Gasteiger partial charge in [-0.25, -0.2) is 4.79 Å². The predicted octanol–water partition coefficient (Wildman–Crippen LogP) is 3.12. The van der Waals surface area contributed by atoms with Gasteiger partial charge in [0.1, 0.15) is 5.75 Å². The minimum Gasteiger partial charge on any atom is -0.494 e. The lowest BCUT2D eigenvalue weighted by Gasteiger charge is -2.08. The van der Waals surface area contributed by atoms with Crippen LogP contribution in [0.1, 0.15) is 28.4 Å². The number of rotatable bonds is 8. The molecule has 0 atom stereocenters. The molecule has 0 radical (unpaired) electrons. The second-order valence-electron chi connectivity index (χ2n) is 5.01. The average molecular weight is 299 g/mol. The Bertz CT molecular complexity index is 625. The lowest BCUT2D eigenvalue weighted by Crippen LogP contribution is -2.17. The Kier molecular flexibility index (Phi) is 5.98. The Morgan fingerprint density at radius 2 is 1.91 bits per heavy atom. The Labute approximate surface area is 130 Å². The number of aromatic carboxylic acids is 1. The first-order valence-corrected chi connectivity index (χ1v) is 7.43. The van der Waals surface area contributed by atoms with Crippen LogP contribution in [0.25, 0.3) is 0 Å². The van der Waals surface area contributed by atoms with Gasteiger partial charge < -0.3 is 15.2 Å². The molecule has 0 heterocycles. The van der Waals surface area contributed by atoms with Gasteiger partial charge in [-0.2, -0.15) is 0 Å². The van der Waals surface area contributed by atoms with Gasteiger partial charge in [0.15, 0.2) is 0 Å².